The fourth-order valence-corrected chi connectivity index (χ4v) is 8.17. The lowest BCUT2D eigenvalue weighted by atomic mass is 9.95. The molecule has 0 radical (unpaired) electrons. The van der Waals surface area contributed by atoms with Crippen molar-refractivity contribution >= 4 is 54.5 Å². The lowest BCUT2D eigenvalue weighted by Gasteiger charge is -2.11. The largest absolute Gasteiger partial charge is 0.455 e. The van der Waals surface area contributed by atoms with E-state index in [4.69, 9.17) is 14.4 Å². The monoisotopic (exact) mass is 700 g/mol. The molecule has 0 N–H and O–H groups in total. The third-order valence-corrected chi connectivity index (χ3v) is 10.9. The summed E-state index contributed by atoms with van der Waals surface area (Å²) in [5, 5.41) is 6.93. The summed E-state index contributed by atoms with van der Waals surface area (Å²) in [6, 6.07) is 66.6. The lowest BCUT2D eigenvalue weighted by Crippen LogP contribution is -1.92. The quantitative estimate of drug-likeness (QED) is 0.168. The Hall–Kier alpha value is -7.36. The van der Waals surface area contributed by atoms with Crippen LogP contribution in [0.3, 0.4) is 0 Å². The van der Waals surface area contributed by atoms with Crippen LogP contribution in [0.25, 0.3) is 110 Å². The zero-order valence-electron chi connectivity index (χ0n) is 29.8. The Balaban J connectivity index is 0.879. The summed E-state index contributed by atoms with van der Waals surface area (Å²) < 4.78 is 6.30. The predicted molar refractivity (Wildman–Crippen MR) is 229 cm³/mol. The van der Waals surface area contributed by atoms with E-state index in [1.54, 1.807) is 0 Å². The first-order valence-corrected chi connectivity index (χ1v) is 18.6. The molecule has 0 amide bonds. The first-order chi connectivity index (χ1) is 27.2. The Kier molecular flexibility index (Phi) is 7.17. The smallest absolute Gasteiger partial charge is 0.143 e. The zero-order valence-corrected chi connectivity index (χ0v) is 29.8. The Labute approximate surface area is 317 Å². The van der Waals surface area contributed by atoms with E-state index >= 15 is 0 Å². The average molecular weight is 701 g/mol. The van der Waals surface area contributed by atoms with Crippen molar-refractivity contribution in [3.63, 3.8) is 0 Å². The highest BCUT2D eigenvalue weighted by molar-refractivity contribution is 6.23. The van der Waals surface area contributed by atoms with Crippen molar-refractivity contribution < 1.29 is 4.42 Å². The van der Waals surface area contributed by atoms with E-state index in [0.717, 1.165) is 77.3 Å². The second-order valence-corrected chi connectivity index (χ2v) is 14.1. The van der Waals surface area contributed by atoms with Crippen LogP contribution in [0, 0.1) is 0 Å². The molecular weight excluding hydrogens is 669 g/mol. The van der Waals surface area contributed by atoms with Gasteiger partial charge in [0.1, 0.15) is 11.2 Å². The number of para-hydroxylation sites is 2. The molecule has 0 unspecified atom stereocenters. The van der Waals surface area contributed by atoms with Crippen molar-refractivity contribution in [1.29, 1.82) is 0 Å². The molecule has 0 fully saturated rings. The van der Waals surface area contributed by atoms with Crippen molar-refractivity contribution in [2.75, 3.05) is 0 Å². The molecule has 0 saturated heterocycles. The van der Waals surface area contributed by atoms with Crippen LogP contribution < -0.4 is 0 Å². The van der Waals surface area contributed by atoms with Crippen LogP contribution in [0.1, 0.15) is 0 Å². The topological polar surface area (TPSA) is 38.9 Å². The standard InChI is InChI=1S/C52H32N2O/c1-3-17-45-42(14-1)43-15-2-4-18-46(43)51-50(45)53-32-48(54-51)40-13-8-12-39(31-40)38-11-7-10-37(30-38)35-24-22-33(23-25-35)34-26-28-36(29-27-34)41-19-9-20-47-44-16-5-6-21-49(44)55-52(41)47/h1-32H. The molecule has 0 spiro atoms. The Morgan fingerprint density at radius 1 is 0.327 bits per heavy atom. The predicted octanol–water partition coefficient (Wildman–Crippen LogP) is 14.2. The molecule has 0 aliphatic carbocycles. The second-order valence-electron chi connectivity index (χ2n) is 14.1. The molecule has 2 heterocycles. The normalized spacial score (nSPS) is 11.6. The van der Waals surface area contributed by atoms with Gasteiger partial charge in [0.25, 0.3) is 0 Å². The first kappa shape index (κ1) is 31.2. The fraction of sp³-hybridized carbons (Fsp3) is 0. The van der Waals surface area contributed by atoms with Gasteiger partial charge in [-0.2, -0.15) is 0 Å². The lowest BCUT2D eigenvalue weighted by molar-refractivity contribution is 0.670. The van der Waals surface area contributed by atoms with Gasteiger partial charge in [-0.25, -0.2) is 4.98 Å². The van der Waals surface area contributed by atoms with Gasteiger partial charge < -0.3 is 4.42 Å². The van der Waals surface area contributed by atoms with Crippen LogP contribution in [0.15, 0.2) is 199 Å². The van der Waals surface area contributed by atoms with Gasteiger partial charge in [0.2, 0.25) is 0 Å². The number of benzene rings is 9. The molecule has 9 aromatic carbocycles. The van der Waals surface area contributed by atoms with Crippen molar-refractivity contribution in [3.05, 3.63) is 194 Å². The highest BCUT2D eigenvalue weighted by Crippen LogP contribution is 2.38. The minimum atomic E-state index is 0.862. The van der Waals surface area contributed by atoms with E-state index in [2.05, 4.69) is 176 Å². The third kappa shape index (κ3) is 5.28. The van der Waals surface area contributed by atoms with E-state index < -0.39 is 0 Å². The van der Waals surface area contributed by atoms with E-state index in [1.807, 2.05) is 18.3 Å². The molecule has 0 aliphatic rings. The summed E-state index contributed by atoms with van der Waals surface area (Å²) in [7, 11) is 0. The minimum Gasteiger partial charge on any atom is -0.455 e. The molecule has 0 saturated carbocycles. The Bertz CT molecular complexity index is 3210. The van der Waals surface area contributed by atoms with Crippen molar-refractivity contribution in [2.24, 2.45) is 0 Å². The fourth-order valence-electron chi connectivity index (χ4n) is 8.17. The van der Waals surface area contributed by atoms with Gasteiger partial charge in [-0.3, -0.25) is 4.98 Å². The van der Waals surface area contributed by atoms with Crippen LogP contribution >= 0.6 is 0 Å². The van der Waals surface area contributed by atoms with Gasteiger partial charge in [0, 0.05) is 32.7 Å². The summed E-state index contributed by atoms with van der Waals surface area (Å²) in [5.41, 5.74) is 14.9. The van der Waals surface area contributed by atoms with Gasteiger partial charge in [0.15, 0.2) is 0 Å². The van der Waals surface area contributed by atoms with Crippen LogP contribution in [0.4, 0.5) is 0 Å². The highest BCUT2D eigenvalue weighted by Gasteiger charge is 2.14. The Morgan fingerprint density at radius 2 is 0.800 bits per heavy atom. The van der Waals surface area contributed by atoms with E-state index in [9.17, 15) is 0 Å². The number of aromatic nitrogens is 2. The Morgan fingerprint density at radius 3 is 1.47 bits per heavy atom. The molecule has 3 nitrogen and oxygen atoms in total. The van der Waals surface area contributed by atoms with Crippen molar-refractivity contribution in [3.8, 4) is 55.8 Å². The van der Waals surface area contributed by atoms with Gasteiger partial charge in [-0.15, -0.1) is 0 Å². The van der Waals surface area contributed by atoms with Crippen LogP contribution in [0.5, 0.6) is 0 Å². The third-order valence-electron chi connectivity index (χ3n) is 10.9. The second kappa shape index (κ2) is 12.6. The molecule has 11 rings (SSSR count). The molecule has 256 valence electrons. The molecule has 11 aromatic rings. The number of rotatable bonds is 5. The molecule has 0 bridgehead atoms. The highest BCUT2D eigenvalue weighted by atomic mass is 16.3. The summed E-state index contributed by atoms with van der Waals surface area (Å²) in [6.07, 6.45) is 1.91. The number of furan rings is 1. The van der Waals surface area contributed by atoms with E-state index in [0.29, 0.717) is 0 Å². The van der Waals surface area contributed by atoms with Crippen LogP contribution in [-0.2, 0) is 0 Å². The maximum absolute atomic E-state index is 6.30. The summed E-state index contributed by atoms with van der Waals surface area (Å²) in [5.74, 6) is 0. The summed E-state index contributed by atoms with van der Waals surface area (Å²) >= 11 is 0. The van der Waals surface area contributed by atoms with Gasteiger partial charge in [0.05, 0.1) is 22.9 Å². The SMILES string of the molecule is c1cc(-c2ccc(-c3ccc(-c4cccc5c4oc4ccccc45)cc3)cc2)cc(-c2cccc(-c3cnc4c5ccccc5c5ccccc5c4n3)c2)c1. The van der Waals surface area contributed by atoms with Crippen LogP contribution in [0.2, 0.25) is 0 Å². The number of hydrogen-bond acceptors (Lipinski definition) is 3. The van der Waals surface area contributed by atoms with E-state index in [1.165, 1.54) is 33.0 Å². The van der Waals surface area contributed by atoms with Gasteiger partial charge >= 0.3 is 0 Å². The van der Waals surface area contributed by atoms with Gasteiger partial charge in [-0.1, -0.05) is 170 Å². The van der Waals surface area contributed by atoms with Gasteiger partial charge in [-0.05, 0) is 67.9 Å². The molecule has 3 heteroatoms. The summed E-state index contributed by atoms with van der Waals surface area (Å²) in [6.45, 7) is 0. The molecule has 0 atom stereocenters. The zero-order chi connectivity index (χ0) is 36.3. The molecule has 0 aliphatic heterocycles. The number of fused-ring (bicyclic) bond motifs is 9. The molecule has 2 aromatic heterocycles. The van der Waals surface area contributed by atoms with Crippen LogP contribution in [-0.4, -0.2) is 9.97 Å². The molecular formula is C52H32N2O. The number of hydrogen-bond donors (Lipinski definition) is 0. The molecule has 55 heavy (non-hydrogen) atoms. The van der Waals surface area contributed by atoms with Crippen molar-refractivity contribution in [1.82, 2.24) is 9.97 Å². The summed E-state index contributed by atoms with van der Waals surface area (Å²) in [4.78, 5) is 10.2. The maximum Gasteiger partial charge on any atom is 0.143 e. The number of nitrogens with zero attached hydrogens (tertiary/aromatic N) is 2. The average Bonchev–Trinajstić information content (AvgIpc) is 3.66. The maximum atomic E-state index is 6.30. The van der Waals surface area contributed by atoms with E-state index in [-0.39, 0.29) is 0 Å². The van der Waals surface area contributed by atoms with Crippen molar-refractivity contribution in [2.45, 2.75) is 0 Å². The first-order valence-electron chi connectivity index (χ1n) is 18.6. The minimum absolute atomic E-state index is 0.862.